The molecule has 0 aliphatic heterocycles. The molecule has 0 aliphatic carbocycles. The van der Waals surface area contributed by atoms with Crippen LogP contribution in [-0.2, 0) is 6.54 Å². The lowest BCUT2D eigenvalue weighted by Gasteiger charge is -2.18. The first-order valence-electron chi connectivity index (χ1n) is 7.33. The predicted molar refractivity (Wildman–Crippen MR) is 92.2 cm³/mol. The van der Waals surface area contributed by atoms with Crippen LogP contribution in [0.4, 0.5) is 0 Å². The smallest absolute Gasteiger partial charge is 0.253 e. The van der Waals surface area contributed by atoms with Crippen LogP contribution in [-0.4, -0.2) is 24.5 Å². The maximum atomic E-state index is 12.5. The van der Waals surface area contributed by atoms with Gasteiger partial charge >= 0.3 is 0 Å². The molecule has 4 heteroatoms. The van der Waals surface area contributed by atoms with Gasteiger partial charge in [-0.2, -0.15) is 0 Å². The average Bonchev–Trinajstić information content (AvgIpc) is 2.54. The molecule has 0 radical (unpaired) electrons. The highest BCUT2D eigenvalue weighted by Gasteiger charge is 2.14. The minimum absolute atomic E-state index is 0.00778. The van der Waals surface area contributed by atoms with E-state index >= 15 is 0 Å². The number of halogens is 1. The van der Waals surface area contributed by atoms with Crippen LogP contribution >= 0.6 is 15.9 Å². The van der Waals surface area contributed by atoms with Crippen molar-refractivity contribution in [2.75, 3.05) is 13.7 Å². The molecule has 0 spiro atoms. The molecular weight excluding hydrogens is 342 g/mol. The fraction of sp³-hybridized carbons (Fsp3) is 0.278. The van der Waals surface area contributed by atoms with Crippen molar-refractivity contribution in [3.05, 3.63) is 64.1 Å². The molecule has 0 heterocycles. The summed E-state index contributed by atoms with van der Waals surface area (Å²) in [4.78, 5) is 14.2. The van der Waals surface area contributed by atoms with Crippen molar-refractivity contribution in [2.24, 2.45) is 0 Å². The molecule has 0 saturated heterocycles. The lowest BCUT2D eigenvalue weighted by molar-refractivity contribution is 0.0785. The van der Waals surface area contributed by atoms with E-state index in [0.717, 1.165) is 22.2 Å². The van der Waals surface area contributed by atoms with E-state index in [0.29, 0.717) is 18.7 Å². The van der Waals surface area contributed by atoms with Gasteiger partial charge in [0.1, 0.15) is 5.75 Å². The molecule has 0 aromatic heterocycles. The Kier molecular flexibility index (Phi) is 6.01. The number of hydrogen-bond donors (Lipinski definition) is 0. The zero-order valence-electron chi connectivity index (χ0n) is 12.9. The van der Waals surface area contributed by atoms with Gasteiger partial charge in [-0.25, -0.2) is 0 Å². The van der Waals surface area contributed by atoms with E-state index in [1.165, 1.54) is 0 Å². The van der Waals surface area contributed by atoms with E-state index in [-0.39, 0.29) is 5.91 Å². The van der Waals surface area contributed by atoms with Gasteiger partial charge in [0.05, 0.1) is 11.1 Å². The predicted octanol–water partition coefficient (Wildman–Crippen LogP) is 4.51. The van der Waals surface area contributed by atoms with Crippen LogP contribution in [0, 0.1) is 0 Å². The number of carbonyl (C=O) groups excluding carboxylic acids is 1. The fourth-order valence-electron chi connectivity index (χ4n) is 2.11. The number of ether oxygens (including phenoxy) is 1. The Balaban J connectivity index is 2.07. The summed E-state index contributed by atoms with van der Waals surface area (Å²) in [5.74, 6) is 0.760. The first-order chi connectivity index (χ1) is 10.6. The molecule has 0 fully saturated rings. The number of carbonyl (C=O) groups is 1. The molecule has 0 atom stereocenters. The molecule has 2 aromatic rings. The number of benzene rings is 2. The zero-order valence-corrected chi connectivity index (χ0v) is 14.5. The van der Waals surface area contributed by atoms with Gasteiger partial charge in [0.2, 0.25) is 0 Å². The Bertz CT molecular complexity index is 628. The van der Waals surface area contributed by atoms with E-state index in [1.54, 1.807) is 11.0 Å². The fourth-order valence-corrected chi connectivity index (χ4v) is 2.61. The molecule has 22 heavy (non-hydrogen) atoms. The summed E-state index contributed by atoms with van der Waals surface area (Å²) in [6.45, 7) is 3.32. The van der Waals surface area contributed by atoms with E-state index in [2.05, 4.69) is 22.9 Å². The van der Waals surface area contributed by atoms with E-state index in [9.17, 15) is 4.79 Å². The molecule has 2 aromatic carbocycles. The second kappa shape index (κ2) is 7.99. The lowest BCUT2D eigenvalue weighted by Crippen LogP contribution is -2.26. The maximum absolute atomic E-state index is 12.5. The van der Waals surface area contributed by atoms with Crippen molar-refractivity contribution in [2.45, 2.75) is 19.9 Å². The summed E-state index contributed by atoms with van der Waals surface area (Å²) >= 11 is 3.47. The van der Waals surface area contributed by atoms with Crippen molar-refractivity contribution in [1.82, 2.24) is 4.90 Å². The Morgan fingerprint density at radius 1 is 1.18 bits per heavy atom. The quantitative estimate of drug-likeness (QED) is 0.757. The van der Waals surface area contributed by atoms with Crippen LogP contribution in [0.3, 0.4) is 0 Å². The summed E-state index contributed by atoms with van der Waals surface area (Å²) in [6, 6.07) is 15.4. The van der Waals surface area contributed by atoms with Crippen molar-refractivity contribution >= 4 is 21.8 Å². The van der Waals surface area contributed by atoms with Gasteiger partial charge in [-0.3, -0.25) is 4.79 Å². The SMILES string of the molecule is CCCOc1ccc(C(=O)N(C)Cc2ccccc2)cc1Br. The van der Waals surface area contributed by atoms with Crippen LogP contribution < -0.4 is 4.74 Å². The Morgan fingerprint density at radius 2 is 1.91 bits per heavy atom. The summed E-state index contributed by atoms with van der Waals surface area (Å²) in [7, 11) is 1.81. The highest BCUT2D eigenvalue weighted by molar-refractivity contribution is 9.10. The normalized spacial score (nSPS) is 10.3. The van der Waals surface area contributed by atoms with Crippen LogP contribution in [0.5, 0.6) is 5.75 Å². The second-order valence-corrected chi connectivity index (χ2v) is 5.99. The van der Waals surface area contributed by atoms with Crippen LogP contribution in [0.1, 0.15) is 29.3 Å². The van der Waals surface area contributed by atoms with Gasteiger partial charge in [-0.05, 0) is 46.1 Å². The van der Waals surface area contributed by atoms with Gasteiger partial charge in [0.25, 0.3) is 5.91 Å². The molecular formula is C18H20BrNO2. The first kappa shape index (κ1) is 16.6. The number of amides is 1. The van der Waals surface area contributed by atoms with E-state index < -0.39 is 0 Å². The van der Waals surface area contributed by atoms with Crippen molar-refractivity contribution in [3.63, 3.8) is 0 Å². The van der Waals surface area contributed by atoms with Crippen molar-refractivity contribution in [1.29, 1.82) is 0 Å². The highest BCUT2D eigenvalue weighted by Crippen LogP contribution is 2.26. The number of nitrogens with zero attached hydrogens (tertiary/aromatic N) is 1. The molecule has 0 saturated carbocycles. The molecule has 0 unspecified atom stereocenters. The first-order valence-corrected chi connectivity index (χ1v) is 8.13. The summed E-state index contributed by atoms with van der Waals surface area (Å²) < 4.78 is 6.41. The molecule has 2 rings (SSSR count). The Morgan fingerprint density at radius 3 is 2.55 bits per heavy atom. The molecule has 116 valence electrons. The minimum atomic E-state index is -0.00778. The van der Waals surface area contributed by atoms with E-state index in [1.807, 2.05) is 49.5 Å². The largest absolute Gasteiger partial charge is 0.492 e. The average molecular weight is 362 g/mol. The van der Waals surface area contributed by atoms with Gasteiger partial charge < -0.3 is 9.64 Å². The van der Waals surface area contributed by atoms with Gasteiger partial charge in [0, 0.05) is 19.2 Å². The van der Waals surface area contributed by atoms with Gasteiger partial charge in [-0.15, -0.1) is 0 Å². The molecule has 0 N–H and O–H groups in total. The molecule has 0 bridgehead atoms. The van der Waals surface area contributed by atoms with Crippen molar-refractivity contribution < 1.29 is 9.53 Å². The lowest BCUT2D eigenvalue weighted by atomic mass is 10.1. The minimum Gasteiger partial charge on any atom is -0.492 e. The summed E-state index contributed by atoms with van der Waals surface area (Å²) in [6.07, 6.45) is 0.951. The second-order valence-electron chi connectivity index (χ2n) is 5.14. The topological polar surface area (TPSA) is 29.5 Å². The van der Waals surface area contributed by atoms with Gasteiger partial charge in [-0.1, -0.05) is 37.3 Å². The van der Waals surface area contributed by atoms with Crippen molar-refractivity contribution in [3.8, 4) is 5.75 Å². The highest BCUT2D eigenvalue weighted by atomic mass is 79.9. The van der Waals surface area contributed by atoms with Crippen LogP contribution in [0.15, 0.2) is 53.0 Å². The Hall–Kier alpha value is -1.81. The monoisotopic (exact) mass is 361 g/mol. The molecule has 1 amide bonds. The van der Waals surface area contributed by atoms with Crippen LogP contribution in [0.25, 0.3) is 0 Å². The third-order valence-electron chi connectivity index (χ3n) is 3.25. The van der Waals surface area contributed by atoms with Gasteiger partial charge in [0.15, 0.2) is 0 Å². The third-order valence-corrected chi connectivity index (χ3v) is 3.87. The maximum Gasteiger partial charge on any atom is 0.253 e. The number of rotatable bonds is 6. The zero-order chi connectivity index (χ0) is 15.9. The van der Waals surface area contributed by atoms with E-state index in [4.69, 9.17) is 4.74 Å². The number of hydrogen-bond acceptors (Lipinski definition) is 2. The van der Waals surface area contributed by atoms with Crippen LogP contribution in [0.2, 0.25) is 0 Å². The standard InChI is InChI=1S/C18H20BrNO2/c1-3-11-22-17-10-9-15(12-16(17)19)18(21)20(2)13-14-7-5-4-6-8-14/h4-10,12H,3,11,13H2,1-2H3. The Labute approximate surface area is 140 Å². The molecule has 3 nitrogen and oxygen atoms in total. The summed E-state index contributed by atoms with van der Waals surface area (Å²) in [5.41, 5.74) is 1.76. The summed E-state index contributed by atoms with van der Waals surface area (Å²) in [5, 5.41) is 0. The molecule has 0 aliphatic rings. The third kappa shape index (κ3) is 4.34.